The molecule has 0 radical (unpaired) electrons. The number of carbonyl (C=O) groups is 3. The predicted molar refractivity (Wildman–Crippen MR) is 118 cm³/mol. The number of hydrogen-bond donors (Lipinski definition) is 4. The van der Waals surface area contributed by atoms with Crippen molar-refractivity contribution in [1.82, 2.24) is 10.2 Å². The molecule has 0 bridgehead atoms. The first-order valence-corrected chi connectivity index (χ1v) is 10.0. The van der Waals surface area contributed by atoms with Crippen molar-refractivity contribution in [2.24, 2.45) is 0 Å². The zero-order valence-electron chi connectivity index (χ0n) is 17.2. The maximum absolute atomic E-state index is 12.9. The Kier molecular flexibility index (Phi) is 7.41. The number of hydrogen-bond acceptors (Lipinski definition) is 4. The van der Waals surface area contributed by atoms with Crippen LogP contribution in [0.1, 0.15) is 11.1 Å². The number of carboxylic acids is 2. The number of aliphatic carboxylic acids is 2. The molecule has 4 N–H and O–H groups in total. The molecule has 0 aliphatic heterocycles. The van der Waals surface area contributed by atoms with Crippen molar-refractivity contribution in [3.63, 3.8) is 0 Å². The fourth-order valence-corrected chi connectivity index (χ4v) is 3.44. The lowest BCUT2D eigenvalue weighted by atomic mass is 9.99. The maximum atomic E-state index is 12.9. The molecule has 0 spiro atoms. The number of carbonyl (C=O) groups excluding carboxylic acids is 1. The highest BCUT2D eigenvalue weighted by molar-refractivity contribution is 5.88. The minimum absolute atomic E-state index is 0.0115. The molecule has 32 heavy (non-hydrogen) atoms. The van der Waals surface area contributed by atoms with Crippen LogP contribution in [0.2, 0.25) is 0 Å². The second-order valence-electron chi connectivity index (χ2n) is 7.40. The van der Waals surface area contributed by atoms with E-state index in [-0.39, 0.29) is 13.0 Å². The molecule has 0 fully saturated rings. The average Bonchev–Trinajstić information content (AvgIpc) is 2.78. The number of nitrogens with one attached hydrogen (secondary N) is 1. The monoisotopic (exact) mass is 436 g/mol. The van der Waals surface area contributed by atoms with Gasteiger partial charge >= 0.3 is 18.0 Å². The molecule has 0 aliphatic carbocycles. The molecule has 2 atom stereocenters. The van der Waals surface area contributed by atoms with Crippen LogP contribution in [-0.4, -0.2) is 56.9 Å². The maximum Gasteiger partial charge on any atom is 0.334 e. The van der Waals surface area contributed by atoms with Crippen molar-refractivity contribution in [3.05, 3.63) is 83.9 Å². The molecule has 0 saturated carbocycles. The van der Waals surface area contributed by atoms with Crippen molar-refractivity contribution < 1.29 is 29.7 Å². The summed E-state index contributed by atoms with van der Waals surface area (Å²) in [6, 6.07) is 19.9. The highest BCUT2D eigenvalue weighted by Crippen LogP contribution is 2.20. The summed E-state index contributed by atoms with van der Waals surface area (Å²) in [5, 5.41) is 32.9. The number of aliphatic hydroxyl groups excluding tert-OH is 1. The quantitative estimate of drug-likeness (QED) is 0.408. The van der Waals surface area contributed by atoms with E-state index in [0.717, 1.165) is 21.2 Å². The van der Waals surface area contributed by atoms with E-state index in [0.29, 0.717) is 5.56 Å². The molecule has 2 amide bonds. The second kappa shape index (κ2) is 10.4. The van der Waals surface area contributed by atoms with E-state index in [9.17, 15) is 24.6 Å². The van der Waals surface area contributed by atoms with Gasteiger partial charge in [0.05, 0.1) is 6.54 Å². The summed E-state index contributed by atoms with van der Waals surface area (Å²) in [6.45, 7) is -0.478. The lowest BCUT2D eigenvalue weighted by Crippen LogP contribution is -2.51. The number of urea groups is 1. The van der Waals surface area contributed by atoms with Crippen LogP contribution in [0.25, 0.3) is 10.8 Å². The Labute approximate surface area is 184 Å². The number of nitrogens with zero attached hydrogens (tertiary/aromatic N) is 1. The van der Waals surface area contributed by atoms with E-state index in [2.05, 4.69) is 5.32 Å². The summed E-state index contributed by atoms with van der Waals surface area (Å²) in [5.74, 6) is -2.69. The molecule has 3 aromatic carbocycles. The summed E-state index contributed by atoms with van der Waals surface area (Å²) >= 11 is 0. The van der Waals surface area contributed by atoms with Gasteiger partial charge in [0.1, 0.15) is 6.04 Å². The zero-order chi connectivity index (χ0) is 23.1. The van der Waals surface area contributed by atoms with Crippen molar-refractivity contribution in [2.45, 2.75) is 25.1 Å². The van der Waals surface area contributed by atoms with E-state index in [1.807, 2.05) is 36.4 Å². The third-order valence-electron chi connectivity index (χ3n) is 5.08. The molecule has 3 aromatic rings. The van der Waals surface area contributed by atoms with Gasteiger partial charge in [-0.2, -0.15) is 0 Å². The first kappa shape index (κ1) is 22.8. The van der Waals surface area contributed by atoms with Crippen LogP contribution in [0.15, 0.2) is 72.8 Å². The fraction of sp³-hybridized carbons (Fsp3) is 0.208. The van der Waals surface area contributed by atoms with Gasteiger partial charge in [0.2, 0.25) is 0 Å². The van der Waals surface area contributed by atoms with Crippen molar-refractivity contribution in [3.8, 4) is 0 Å². The molecule has 8 nitrogen and oxygen atoms in total. The number of amides is 2. The van der Waals surface area contributed by atoms with Crippen molar-refractivity contribution >= 4 is 28.7 Å². The van der Waals surface area contributed by atoms with Gasteiger partial charge in [-0.1, -0.05) is 72.8 Å². The molecule has 8 heteroatoms. The van der Waals surface area contributed by atoms with E-state index < -0.39 is 36.7 Å². The summed E-state index contributed by atoms with van der Waals surface area (Å²) in [6.07, 6.45) is -1.76. The predicted octanol–water partition coefficient (Wildman–Crippen LogP) is 2.49. The van der Waals surface area contributed by atoms with Gasteiger partial charge in [0.25, 0.3) is 0 Å². The standard InChI is InChI=1S/C24H24N2O6/c27-21(23(30)31)15-26(14-16-7-2-1-3-8-16)24(32)25-20(22(28)29)13-18-11-6-10-17-9-4-5-12-19(17)18/h1-12,20-21,27H,13-15H2,(H,25,32)(H,28,29)(H,30,31)/t20-,21?/m0/s1. The zero-order valence-corrected chi connectivity index (χ0v) is 17.2. The molecule has 3 rings (SSSR count). The average molecular weight is 436 g/mol. The van der Waals surface area contributed by atoms with E-state index >= 15 is 0 Å². The normalized spacial score (nSPS) is 12.7. The Hall–Kier alpha value is -3.91. The van der Waals surface area contributed by atoms with Gasteiger partial charge in [-0.15, -0.1) is 0 Å². The molecule has 1 unspecified atom stereocenters. The Morgan fingerprint density at radius 3 is 2.19 bits per heavy atom. The van der Waals surface area contributed by atoms with E-state index in [1.54, 1.807) is 36.4 Å². The lowest BCUT2D eigenvalue weighted by Gasteiger charge is -2.26. The second-order valence-corrected chi connectivity index (χ2v) is 7.40. The van der Waals surface area contributed by atoms with Gasteiger partial charge in [0.15, 0.2) is 6.10 Å². The number of benzene rings is 3. The summed E-state index contributed by atoms with van der Waals surface area (Å²) < 4.78 is 0. The molecule has 0 heterocycles. The Morgan fingerprint density at radius 2 is 1.50 bits per heavy atom. The van der Waals surface area contributed by atoms with Crippen LogP contribution < -0.4 is 5.32 Å². The van der Waals surface area contributed by atoms with Gasteiger partial charge in [-0.05, 0) is 21.9 Å². The fourth-order valence-electron chi connectivity index (χ4n) is 3.44. The highest BCUT2D eigenvalue weighted by atomic mass is 16.4. The highest BCUT2D eigenvalue weighted by Gasteiger charge is 2.27. The minimum atomic E-state index is -1.80. The molecule has 0 aromatic heterocycles. The largest absolute Gasteiger partial charge is 0.480 e. The van der Waals surface area contributed by atoms with Crippen LogP contribution in [0.5, 0.6) is 0 Å². The van der Waals surface area contributed by atoms with Crippen LogP contribution >= 0.6 is 0 Å². The summed E-state index contributed by atoms with van der Waals surface area (Å²) in [7, 11) is 0. The molecule has 0 saturated heterocycles. The SMILES string of the molecule is O=C(O)C(O)CN(Cc1ccccc1)C(=O)N[C@@H](Cc1cccc2ccccc12)C(=O)O. The van der Waals surface area contributed by atoms with Crippen LogP contribution in [0.3, 0.4) is 0 Å². The summed E-state index contributed by atoms with van der Waals surface area (Å²) in [5.41, 5.74) is 1.47. The first-order chi connectivity index (χ1) is 15.3. The third-order valence-corrected chi connectivity index (χ3v) is 5.08. The molecular formula is C24H24N2O6. The van der Waals surface area contributed by atoms with Gasteiger partial charge < -0.3 is 25.5 Å². The van der Waals surface area contributed by atoms with Gasteiger partial charge in [-0.3, -0.25) is 0 Å². The van der Waals surface area contributed by atoms with E-state index in [4.69, 9.17) is 5.11 Å². The van der Waals surface area contributed by atoms with E-state index in [1.165, 1.54) is 0 Å². The lowest BCUT2D eigenvalue weighted by molar-refractivity contribution is -0.147. The van der Waals surface area contributed by atoms with Crippen molar-refractivity contribution in [1.29, 1.82) is 0 Å². The minimum Gasteiger partial charge on any atom is -0.480 e. The van der Waals surface area contributed by atoms with Gasteiger partial charge in [-0.25, -0.2) is 14.4 Å². The number of carboxylic acid groups (broad SMARTS) is 2. The smallest absolute Gasteiger partial charge is 0.334 e. The van der Waals surface area contributed by atoms with Gasteiger partial charge in [0, 0.05) is 13.0 Å². The van der Waals surface area contributed by atoms with Crippen LogP contribution in [0.4, 0.5) is 4.79 Å². The Morgan fingerprint density at radius 1 is 0.844 bits per heavy atom. The van der Waals surface area contributed by atoms with Crippen LogP contribution in [0, 0.1) is 0 Å². The molecule has 166 valence electrons. The summed E-state index contributed by atoms with van der Waals surface area (Å²) in [4.78, 5) is 37.0. The van der Waals surface area contributed by atoms with Crippen molar-refractivity contribution in [2.75, 3.05) is 6.54 Å². The number of aliphatic hydroxyl groups is 1. The molecular weight excluding hydrogens is 412 g/mol. The van der Waals surface area contributed by atoms with Crippen LogP contribution in [-0.2, 0) is 22.6 Å². The number of fused-ring (bicyclic) bond motifs is 1. The topological polar surface area (TPSA) is 127 Å². The molecule has 0 aliphatic rings. The third kappa shape index (κ3) is 5.83. The number of rotatable bonds is 9. The first-order valence-electron chi connectivity index (χ1n) is 10.0. The Balaban J connectivity index is 1.80. The Bertz CT molecular complexity index is 1100.